The molecule has 1 saturated heterocycles. The van der Waals surface area contributed by atoms with Crippen LogP contribution < -0.4 is 10.6 Å². The van der Waals surface area contributed by atoms with Crippen LogP contribution in [-0.4, -0.2) is 43.2 Å². The molecule has 0 aliphatic carbocycles. The van der Waals surface area contributed by atoms with Gasteiger partial charge >= 0.3 is 6.03 Å². The van der Waals surface area contributed by atoms with E-state index in [0.29, 0.717) is 5.92 Å². The number of urea groups is 1. The third-order valence-electron chi connectivity index (χ3n) is 3.75. The molecule has 0 radical (unpaired) electrons. The van der Waals surface area contributed by atoms with Crippen LogP contribution in [0.2, 0.25) is 0 Å². The van der Waals surface area contributed by atoms with Gasteiger partial charge in [0.2, 0.25) is 0 Å². The Morgan fingerprint density at radius 2 is 2.36 bits per heavy atom. The van der Waals surface area contributed by atoms with Gasteiger partial charge in [-0.1, -0.05) is 5.57 Å². The topological polar surface area (TPSA) is 57.5 Å². The predicted octanol–water partition coefficient (Wildman–Crippen LogP) is 2.71. The lowest BCUT2D eigenvalue weighted by Crippen LogP contribution is -2.41. The van der Waals surface area contributed by atoms with Crippen LogP contribution in [-0.2, 0) is 0 Å². The zero-order valence-corrected chi connectivity index (χ0v) is 13.8. The van der Waals surface area contributed by atoms with Gasteiger partial charge in [-0.3, -0.25) is 4.90 Å². The van der Waals surface area contributed by atoms with E-state index < -0.39 is 0 Å². The Kier molecular flexibility index (Phi) is 6.07. The van der Waals surface area contributed by atoms with Gasteiger partial charge in [0.1, 0.15) is 5.76 Å². The number of carbonyl (C=O) groups excluding carboxylic acids is 1. The standard InChI is InChI=1S/C17H27N3O2/c1-13(2)19-17(21)18-10-15-6-7-20(12-15)11-14(3)9-16-5-4-8-22-16/h4-5,8-9,13,15H,6-7,10-12H2,1-3H3,(H2,18,19,21)/b14-9+/t15-/m0/s1. The van der Waals surface area contributed by atoms with Crippen LogP contribution in [0.4, 0.5) is 4.79 Å². The van der Waals surface area contributed by atoms with E-state index in [0.717, 1.165) is 38.4 Å². The summed E-state index contributed by atoms with van der Waals surface area (Å²) in [6.07, 6.45) is 4.91. The van der Waals surface area contributed by atoms with Crippen molar-refractivity contribution in [3.63, 3.8) is 0 Å². The molecule has 2 N–H and O–H groups in total. The first-order chi connectivity index (χ1) is 10.5. The maximum Gasteiger partial charge on any atom is 0.314 e. The van der Waals surface area contributed by atoms with Crippen LogP contribution >= 0.6 is 0 Å². The molecule has 122 valence electrons. The molecule has 1 fully saturated rings. The highest BCUT2D eigenvalue weighted by molar-refractivity contribution is 5.74. The second-order valence-electron chi connectivity index (χ2n) is 6.40. The molecule has 1 aliphatic heterocycles. The lowest BCUT2D eigenvalue weighted by atomic mass is 10.1. The molecule has 1 atom stereocenters. The fraction of sp³-hybridized carbons (Fsp3) is 0.588. The fourth-order valence-corrected chi connectivity index (χ4v) is 2.79. The minimum atomic E-state index is -0.0673. The molecule has 0 spiro atoms. The van der Waals surface area contributed by atoms with Crippen LogP contribution in [0, 0.1) is 5.92 Å². The molecule has 5 nitrogen and oxygen atoms in total. The minimum Gasteiger partial charge on any atom is -0.465 e. The number of nitrogens with zero attached hydrogens (tertiary/aromatic N) is 1. The first-order valence-corrected chi connectivity index (χ1v) is 8.00. The molecule has 0 unspecified atom stereocenters. The Labute approximate surface area is 132 Å². The molecule has 0 aromatic carbocycles. The van der Waals surface area contributed by atoms with E-state index in [2.05, 4.69) is 28.5 Å². The summed E-state index contributed by atoms with van der Waals surface area (Å²) in [5, 5.41) is 5.81. The second-order valence-corrected chi connectivity index (χ2v) is 6.40. The van der Waals surface area contributed by atoms with E-state index >= 15 is 0 Å². The SMILES string of the molecule is C/C(=C\c1ccco1)CN1CC[C@@H](CNC(=O)NC(C)C)C1. The molecular formula is C17H27N3O2. The summed E-state index contributed by atoms with van der Waals surface area (Å²) in [7, 11) is 0. The van der Waals surface area contributed by atoms with Crippen LogP contribution in [0.15, 0.2) is 28.4 Å². The third-order valence-corrected chi connectivity index (χ3v) is 3.75. The Morgan fingerprint density at radius 1 is 1.55 bits per heavy atom. The number of nitrogens with one attached hydrogen (secondary N) is 2. The maximum absolute atomic E-state index is 11.6. The molecule has 0 bridgehead atoms. The quantitative estimate of drug-likeness (QED) is 0.849. The number of hydrogen-bond acceptors (Lipinski definition) is 3. The third kappa shape index (κ3) is 5.56. The van der Waals surface area contributed by atoms with Crippen molar-refractivity contribution in [1.82, 2.24) is 15.5 Å². The summed E-state index contributed by atoms with van der Waals surface area (Å²) in [5.41, 5.74) is 1.29. The van der Waals surface area contributed by atoms with E-state index in [1.165, 1.54) is 5.57 Å². The van der Waals surface area contributed by atoms with Gasteiger partial charge in [-0.2, -0.15) is 0 Å². The van der Waals surface area contributed by atoms with Crippen molar-refractivity contribution in [2.45, 2.75) is 33.2 Å². The molecule has 2 heterocycles. The minimum absolute atomic E-state index is 0.0673. The van der Waals surface area contributed by atoms with E-state index in [1.54, 1.807) is 6.26 Å². The number of amides is 2. The van der Waals surface area contributed by atoms with Crippen molar-refractivity contribution in [2.75, 3.05) is 26.2 Å². The molecule has 1 aromatic heterocycles. The molecular weight excluding hydrogens is 278 g/mol. The number of rotatable bonds is 6. The van der Waals surface area contributed by atoms with Crippen molar-refractivity contribution in [3.05, 3.63) is 29.7 Å². The van der Waals surface area contributed by atoms with E-state index in [9.17, 15) is 4.79 Å². The fourth-order valence-electron chi connectivity index (χ4n) is 2.79. The van der Waals surface area contributed by atoms with E-state index in [4.69, 9.17) is 4.42 Å². The maximum atomic E-state index is 11.6. The van der Waals surface area contributed by atoms with Gasteiger partial charge in [-0.25, -0.2) is 4.79 Å². The average Bonchev–Trinajstić information content (AvgIpc) is 3.07. The Hall–Kier alpha value is -1.75. The molecule has 22 heavy (non-hydrogen) atoms. The molecule has 0 saturated carbocycles. The summed E-state index contributed by atoms with van der Waals surface area (Å²) in [6, 6.07) is 3.98. The van der Waals surface area contributed by atoms with Gasteiger partial charge in [0, 0.05) is 25.7 Å². The van der Waals surface area contributed by atoms with Crippen molar-refractivity contribution in [1.29, 1.82) is 0 Å². The summed E-state index contributed by atoms with van der Waals surface area (Å²) in [5.74, 6) is 1.44. The smallest absolute Gasteiger partial charge is 0.314 e. The van der Waals surface area contributed by atoms with Gasteiger partial charge in [-0.15, -0.1) is 0 Å². The number of furan rings is 1. The number of carbonyl (C=O) groups is 1. The van der Waals surface area contributed by atoms with Crippen LogP contribution in [0.1, 0.15) is 33.0 Å². The van der Waals surface area contributed by atoms with Crippen LogP contribution in [0.3, 0.4) is 0 Å². The average molecular weight is 305 g/mol. The van der Waals surface area contributed by atoms with Crippen molar-refractivity contribution in [2.24, 2.45) is 5.92 Å². The molecule has 2 rings (SSSR count). The number of hydrogen-bond donors (Lipinski definition) is 2. The monoisotopic (exact) mass is 305 g/mol. The highest BCUT2D eigenvalue weighted by atomic mass is 16.3. The molecule has 2 amide bonds. The Bertz CT molecular complexity index is 494. The first-order valence-electron chi connectivity index (χ1n) is 8.00. The second kappa shape index (κ2) is 8.03. The van der Waals surface area contributed by atoms with E-state index in [-0.39, 0.29) is 12.1 Å². The van der Waals surface area contributed by atoms with Crippen molar-refractivity contribution >= 4 is 12.1 Å². The lowest BCUT2D eigenvalue weighted by molar-refractivity contribution is 0.236. The first kappa shape index (κ1) is 16.6. The van der Waals surface area contributed by atoms with Gasteiger partial charge in [0.25, 0.3) is 0 Å². The van der Waals surface area contributed by atoms with Crippen molar-refractivity contribution < 1.29 is 9.21 Å². The zero-order chi connectivity index (χ0) is 15.9. The van der Waals surface area contributed by atoms with Gasteiger partial charge in [0.15, 0.2) is 0 Å². The summed E-state index contributed by atoms with van der Waals surface area (Å²) in [4.78, 5) is 14.0. The van der Waals surface area contributed by atoms with E-state index in [1.807, 2.05) is 26.0 Å². The van der Waals surface area contributed by atoms with Crippen LogP contribution in [0.5, 0.6) is 0 Å². The lowest BCUT2D eigenvalue weighted by Gasteiger charge is -2.17. The van der Waals surface area contributed by atoms with Gasteiger partial charge < -0.3 is 15.1 Å². The summed E-state index contributed by atoms with van der Waals surface area (Å²) in [6.45, 7) is 9.87. The zero-order valence-electron chi connectivity index (χ0n) is 13.8. The molecule has 1 aliphatic rings. The van der Waals surface area contributed by atoms with Gasteiger partial charge in [0.05, 0.1) is 6.26 Å². The molecule has 5 heteroatoms. The summed E-state index contributed by atoms with van der Waals surface area (Å²) < 4.78 is 5.34. The summed E-state index contributed by atoms with van der Waals surface area (Å²) >= 11 is 0. The highest BCUT2D eigenvalue weighted by Crippen LogP contribution is 2.17. The van der Waals surface area contributed by atoms with Gasteiger partial charge in [-0.05, 0) is 57.9 Å². The van der Waals surface area contributed by atoms with Crippen LogP contribution in [0.25, 0.3) is 6.08 Å². The van der Waals surface area contributed by atoms with Crippen molar-refractivity contribution in [3.8, 4) is 0 Å². The highest BCUT2D eigenvalue weighted by Gasteiger charge is 2.22. The Balaban J connectivity index is 1.70. The Morgan fingerprint density at radius 3 is 3.05 bits per heavy atom. The number of likely N-dealkylation sites (tertiary alicyclic amines) is 1. The largest absolute Gasteiger partial charge is 0.465 e. The molecule has 1 aromatic rings. The normalized spacial score (nSPS) is 19.6. The predicted molar refractivity (Wildman–Crippen MR) is 88.6 cm³/mol.